The van der Waals surface area contributed by atoms with Crippen LogP contribution in [0.5, 0.6) is 0 Å². The van der Waals surface area contributed by atoms with Gasteiger partial charge in [-0.3, -0.25) is 4.79 Å². The first-order valence-corrected chi connectivity index (χ1v) is 3.15. The predicted molar refractivity (Wildman–Crippen MR) is 43.8 cm³/mol. The first-order chi connectivity index (χ1) is 4.66. The van der Waals surface area contributed by atoms with E-state index < -0.39 is 0 Å². The Balaban J connectivity index is 3.93. The third kappa shape index (κ3) is 5.04. The van der Waals surface area contributed by atoms with Crippen LogP contribution < -0.4 is 0 Å². The third-order valence-corrected chi connectivity index (χ3v) is 1.01. The van der Waals surface area contributed by atoms with Crippen molar-refractivity contribution in [2.45, 2.75) is 13.8 Å². The van der Waals surface area contributed by atoms with Crippen molar-refractivity contribution in [3.63, 3.8) is 0 Å². The summed E-state index contributed by atoms with van der Waals surface area (Å²) < 4.78 is 0. The molecule has 0 saturated carbocycles. The topological polar surface area (TPSA) is 17.1 Å². The largest absolute Gasteiger partial charge is 0.295 e. The lowest BCUT2D eigenvalue weighted by atomic mass is 10.2. The van der Waals surface area contributed by atoms with E-state index in [1.807, 2.05) is 13.0 Å². The minimum atomic E-state index is 0.0631. The number of carbonyl (C=O) groups excluding carboxylic acids is 1. The average Bonchev–Trinajstić information content (AvgIpc) is 1.87. The Kier molecular flexibility index (Phi) is 4.21. The highest BCUT2D eigenvalue weighted by Crippen LogP contribution is 1.92. The molecule has 0 unspecified atom stereocenters. The number of rotatable bonds is 3. The summed E-state index contributed by atoms with van der Waals surface area (Å²) in [7, 11) is 0. The van der Waals surface area contributed by atoms with E-state index in [4.69, 9.17) is 0 Å². The molecule has 0 aromatic rings. The lowest BCUT2D eigenvalue weighted by molar-refractivity contribution is -0.112. The molecule has 0 aliphatic rings. The van der Waals surface area contributed by atoms with E-state index in [9.17, 15) is 4.79 Å². The fourth-order valence-corrected chi connectivity index (χ4v) is 0.403. The normalized spacial score (nSPS) is 12.0. The van der Waals surface area contributed by atoms with Crippen LogP contribution in [0, 0.1) is 0 Å². The predicted octanol–water partition coefficient (Wildman–Crippen LogP) is 2.26. The van der Waals surface area contributed by atoms with Gasteiger partial charge in [-0.1, -0.05) is 30.4 Å². The second-order valence-corrected chi connectivity index (χ2v) is 2.08. The molecule has 0 aromatic heterocycles. The van der Waals surface area contributed by atoms with Crippen molar-refractivity contribution in [3.8, 4) is 0 Å². The summed E-state index contributed by atoms with van der Waals surface area (Å²) in [5.74, 6) is 0.0631. The average molecular weight is 136 g/mol. The van der Waals surface area contributed by atoms with Crippen LogP contribution in [0.25, 0.3) is 0 Å². The molecule has 0 spiro atoms. The summed E-state index contributed by atoms with van der Waals surface area (Å²) in [5, 5.41) is 0. The summed E-state index contributed by atoms with van der Waals surface area (Å²) >= 11 is 0. The molecular weight excluding hydrogens is 124 g/mol. The monoisotopic (exact) mass is 136 g/mol. The van der Waals surface area contributed by atoms with Crippen LogP contribution in [-0.2, 0) is 4.79 Å². The van der Waals surface area contributed by atoms with E-state index >= 15 is 0 Å². The first-order valence-electron chi connectivity index (χ1n) is 3.15. The Bertz CT molecular complexity index is 185. The minimum Gasteiger partial charge on any atom is -0.295 e. The van der Waals surface area contributed by atoms with E-state index in [0.717, 1.165) is 5.57 Å². The Hall–Kier alpha value is -1.11. The van der Waals surface area contributed by atoms with Crippen LogP contribution >= 0.6 is 0 Å². The summed E-state index contributed by atoms with van der Waals surface area (Å²) in [4.78, 5) is 10.4. The lowest BCUT2D eigenvalue weighted by Crippen LogP contribution is -1.77. The molecule has 0 amide bonds. The quantitative estimate of drug-likeness (QED) is 0.429. The Labute approximate surface area is 61.8 Å². The van der Waals surface area contributed by atoms with Crippen LogP contribution in [0.2, 0.25) is 0 Å². The molecule has 0 rings (SSSR count). The van der Waals surface area contributed by atoms with E-state index in [0.29, 0.717) is 0 Å². The standard InChI is InChI=1S/C9H12O/c1-4-8(2)6-5-7-9(3)10/h4-7H,1H2,2-3H3. The zero-order valence-electron chi connectivity index (χ0n) is 6.42. The number of hydrogen-bond acceptors (Lipinski definition) is 1. The summed E-state index contributed by atoms with van der Waals surface area (Å²) in [6.07, 6.45) is 6.82. The Morgan fingerprint density at radius 3 is 2.40 bits per heavy atom. The van der Waals surface area contributed by atoms with Gasteiger partial charge in [0.1, 0.15) is 0 Å². The second-order valence-electron chi connectivity index (χ2n) is 2.08. The van der Waals surface area contributed by atoms with Gasteiger partial charge in [0, 0.05) is 0 Å². The highest BCUT2D eigenvalue weighted by Gasteiger charge is 1.78. The van der Waals surface area contributed by atoms with Gasteiger partial charge in [-0.25, -0.2) is 0 Å². The smallest absolute Gasteiger partial charge is 0.152 e. The number of allylic oxidation sites excluding steroid dienone is 5. The summed E-state index contributed by atoms with van der Waals surface area (Å²) in [5.41, 5.74) is 1.05. The SMILES string of the molecule is C=CC(C)=CC=CC(C)=O. The van der Waals surface area contributed by atoms with Gasteiger partial charge >= 0.3 is 0 Å². The maximum atomic E-state index is 10.4. The molecule has 0 atom stereocenters. The van der Waals surface area contributed by atoms with Crippen LogP contribution in [0.15, 0.2) is 36.5 Å². The molecule has 1 heteroatoms. The van der Waals surface area contributed by atoms with Crippen LogP contribution in [0.3, 0.4) is 0 Å². The van der Waals surface area contributed by atoms with E-state index in [1.54, 1.807) is 12.2 Å². The van der Waals surface area contributed by atoms with Gasteiger partial charge < -0.3 is 0 Å². The lowest BCUT2D eigenvalue weighted by Gasteiger charge is -1.82. The molecule has 54 valence electrons. The van der Waals surface area contributed by atoms with E-state index in [1.165, 1.54) is 13.0 Å². The molecular formula is C9H12O. The van der Waals surface area contributed by atoms with Crippen LogP contribution in [-0.4, -0.2) is 5.78 Å². The Morgan fingerprint density at radius 1 is 1.40 bits per heavy atom. The van der Waals surface area contributed by atoms with Crippen LogP contribution in [0.1, 0.15) is 13.8 Å². The van der Waals surface area contributed by atoms with Gasteiger partial charge in [0.15, 0.2) is 5.78 Å². The third-order valence-electron chi connectivity index (χ3n) is 1.01. The molecule has 0 aliphatic carbocycles. The maximum Gasteiger partial charge on any atom is 0.152 e. The van der Waals surface area contributed by atoms with Gasteiger partial charge in [0.2, 0.25) is 0 Å². The van der Waals surface area contributed by atoms with Gasteiger partial charge in [-0.15, -0.1) is 0 Å². The Morgan fingerprint density at radius 2 is 2.00 bits per heavy atom. The molecule has 10 heavy (non-hydrogen) atoms. The molecule has 0 bridgehead atoms. The number of ketones is 1. The van der Waals surface area contributed by atoms with E-state index in [-0.39, 0.29) is 5.78 Å². The van der Waals surface area contributed by atoms with Crippen LogP contribution in [0.4, 0.5) is 0 Å². The number of carbonyl (C=O) groups is 1. The van der Waals surface area contributed by atoms with Crippen molar-refractivity contribution < 1.29 is 4.79 Å². The molecule has 0 radical (unpaired) electrons. The van der Waals surface area contributed by atoms with Crippen molar-refractivity contribution in [2.75, 3.05) is 0 Å². The zero-order valence-corrected chi connectivity index (χ0v) is 6.42. The first kappa shape index (κ1) is 8.89. The maximum absolute atomic E-state index is 10.4. The van der Waals surface area contributed by atoms with Crippen molar-refractivity contribution in [1.29, 1.82) is 0 Å². The van der Waals surface area contributed by atoms with Gasteiger partial charge in [-0.2, -0.15) is 0 Å². The second kappa shape index (κ2) is 4.74. The summed E-state index contributed by atoms with van der Waals surface area (Å²) in [6, 6.07) is 0. The molecule has 0 saturated heterocycles. The van der Waals surface area contributed by atoms with Gasteiger partial charge in [0.25, 0.3) is 0 Å². The number of hydrogen-bond donors (Lipinski definition) is 0. The van der Waals surface area contributed by atoms with Crippen molar-refractivity contribution in [2.24, 2.45) is 0 Å². The fraction of sp³-hybridized carbons (Fsp3) is 0.222. The van der Waals surface area contributed by atoms with E-state index in [2.05, 4.69) is 6.58 Å². The molecule has 0 aliphatic heterocycles. The zero-order chi connectivity index (χ0) is 7.98. The fourth-order valence-electron chi connectivity index (χ4n) is 0.403. The minimum absolute atomic E-state index is 0.0631. The molecule has 0 fully saturated rings. The molecule has 1 nitrogen and oxygen atoms in total. The summed E-state index contributed by atoms with van der Waals surface area (Å²) in [6.45, 7) is 7.02. The van der Waals surface area contributed by atoms with Crippen molar-refractivity contribution in [1.82, 2.24) is 0 Å². The van der Waals surface area contributed by atoms with Gasteiger partial charge in [-0.05, 0) is 19.9 Å². The van der Waals surface area contributed by atoms with Crippen molar-refractivity contribution >= 4 is 5.78 Å². The van der Waals surface area contributed by atoms with Crippen molar-refractivity contribution in [3.05, 3.63) is 36.5 Å². The molecule has 0 heterocycles. The molecule has 0 aromatic carbocycles. The highest BCUT2D eigenvalue weighted by molar-refractivity contribution is 5.87. The highest BCUT2D eigenvalue weighted by atomic mass is 16.1. The molecule has 0 N–H and O–H groups in total. The van der Waals surface area contributed by atoms with Gasteiger partial charge in [0.05, 0.1) is 0 Å².